The fraction of sp³-hybridized carbons (Fsp3) is 0.188. The largest absolute Gasteiger partial charge is 0.510 e. The Labute approximate surface area is 146 Å². The van der Waals surface area contributed by atoms with Crippen molar-refractivity contribution < 1.29 is 14.6 Å². The Bertz CT molecular complexity index is 881. The summed E-state index contributed by atoms with van der Waals surface area (Å²) in [5.74, 6) is -0.244. The van der Waals surface area contributed by atoms with Crippen molar-refractivity contribution in [2.45, 2.75) is 11.3 Å². The van der Waals surface area contributed by atoms with Crippen molar-refractivity contribution in [3.63, 3.8) is 0 Å². The molecule has 2 aromatic heterocycles. The minimum absolute atomic E-state index is 0.0366. The Balaban J connectivity index is 1.93. The highest BCUT2D eigenvalue weighted by Gasteiger charge is 2.22. The van der Waals surface area contributed by atoms with Crippen molar-refractivity contribution in [3.8, 4) is 0 Å². The van der Waals surface area contributed by atoms with Crippen molar-refractivity contribution in [1.29, 1.82) is 0 Å². The van der Waals surface area contributed by atoms with E-state index in [9.17, 15) is 9.90 Å². The zero-order valence-corrected chi connectivity index (χ0v) is 14.7. The molecule has 1 aromatic carbocycles. The number of imidazole rings is 1. The maximum Gasteiger partial charge on any atom is 0.345 e. The number of aromatic nitrogens is 3. The monoisotopic (exact) mass is 361 g/mol. The normalized spacial score (nSPS) is 12.2. The van der Waals surface area contributed by atoms with Gasteiger partial charge in [-0.05, 0) is 19.1 Å². The molecular weight excluding hydrogens is 346 g/mol. The van der Waals surface area contributed by atoms with Crippen molar-refractivity contribution in [3.05, 3.63) is 46.9 Å². The summed E-state index contributed by atoms with van der Waals surface area (Å²) in [5, 5.41) is 12.4. The second-order valence-electron chi connectivity index (χ2n) is 4.96. The van der Waals surface area contributed by atoms with Crippen molar-refractivity contribution in [2.24, 2.45) is 0 Å². The molecule has 124 valence electrons. The second kappa shape index (κ2) is 7.06. The molecular formula is C16H15N3O3S2. The van der Waals surface area contributed by atoms with Crippen LogP contribution in [-0.4, -0.2) is 38.9 Å². The van der Waals surface area contributed by atoms with Gasteiger partial charge in [0, 0.05) is 11.1 Å². The molecule has 2 N–H and O–H groups in total. The number of rotatable bonds is 5. The fourth-order valence-corrected chi connectivity index (χ4v) is 3.85. The summed E-state index contributed by atoms with van der Waals surface area (Å²) in [6.45, 7) is 1.91. The molecule has 0 saturated carbocycles. The molecule has 0 bridgehead atoms. The van der Waals surface area contributed by atoms with Gasteiger partial charge in [0.2, 0.25) is 0 Å². The topological polar surface area (TPSA) is 88.1 Å². The second-order valence-corrected chi connectivity index (χ2v) is 7.04. The van der Waals surface area contributed by atoms with Gasteiger partial charge in [0.1, 0.15) is 17.2 Å². The number of para-hydroxylation sites is 2. The lowest BCUT2D eigenvalue weighted by molar-refractivity contribution is -0.133. The number of thiazole rings is 1. The summed E-state index contributed by atoms with van der Waals surface area (Å²) >= 11 is 2.85. The molecule has 24 heavy (non-hydrogen) atoms. The number of benzene rings is 1. The molecule has 3 rings (SSSR count). The molecule has 0 aliphatic heterocycles. The van der Waals surface area contributed by atoms with Gasteiger partial charge in [-0.15, -0.1) is 11.3 Å². The number of nitrogens with zero attached hydrogens (tertiary/aromatic N) is 2. The number of H-pyrrole nitrogens is 1. The van der Waals surface area contributed by atoms with E-state index in [-0.39, 0.29) is 22.9 Å². The SMILES string of the molecule is COC(=O)C(=C(O)CSc1nc(C)cs1)c1nc2ccccc2[nH]1. The molecule has 0 aliphatic rings. The van der Waals surface area contributed by atoms with E-state index in [0.29, 0.717) is 5.52 Å². The van der Waals surface area contributed by atoms with Crippen LogP contribution in [0.1, 0.15) is 11.5 Å². The van der Waals surface area contributed by atoms with Crippen LogP contribution in [0.4, 0.5) is 0 Å². The van der Waals surface area contributed by atoms with Crippen molar-refractivity contribution in [1.82, 2.24) is 15.0 Å². The number of ether oxygens (including phenoxy) is 1. The van der Waals surface area contributed by atoms with E-state index >= 15 is 0 Å². The fourth-order valence-electron chi connectivity index (χ4n) is 2.13. The molecule has 0 fully saturated rings. The summed E-state index contributed by atoms with van der Waals surface area (Å²) in [5.41, 5.74) is 2.46. The number of esters is 1. The number of aromatic amines is 1. The van der Waals surface area contributed by atoms with Crippen LogP contribution in [0.2, 0.25) is 0 Å². The molecule has 0 amide bonds. The van der Waals surface area contributed by atoms with E-state index in [2.05, 4.69) is 15.0 Å². The van der Waals surface area contributed by atoms with E-state index in [1.54, 1.807) is 0 Å². The summed E-state index contributed by atoms with van der Waals surface area (Å²) in [4.78, 5) is 23.9. The van der Waals surface area contributed by atoms with Crippen LogP contribution in [-0.2, 0) is 9.53 Å². The Kier molecular flexibility index (Phi) is 4.86. The van der Waals surface area contributed by atoms with Crippen LogP contribution >= 0.6 is 23.1 Å². The number of aliphatic hydroxyl groups excluding tert-OH is 1. The maximum atomic E-state index is 12.1. The third-order valence-corrected chi connectivity index (χ3v) is 5.38. The number of thioether (sulfide) groups is 1. The molecule has 0 saturated heterocycles. The Morgan fingerprint density at radius 3 is 2.83 bits per heavy atom. The highest BCUT2D eigenvalue weighted by Crippen LogP contribution is 2.27. The van der Waals surface area contributed by atoms with Crippen LogP contribution in [0.3, 0.4) is 0 Å². The summed E-state index contributed by atoms with van der Waals surface area (Å²) < 4.78 is 5.63. The molecule has 8 heteroatoms. The van der Waals surface area contributed by atoms with Gasteiger partial charge < -0.3 is 14.8 Å². The summed E-state index contributed by atoms with van der Waals surface area (Å²) in [6.07, 6.45) is 0. The number of methoxy groups -OCH3 is 1. The van der Waals surface area contributed by atoms with Crippen LogP contribution in [0.15, 0.2) is 39.7 Å². The van der Waals surface area contributed by atoms with Gasteiger partial charge in [0.15, 0.2) is 4.34 Å². The van der Waals surface area contributed by atoms with Crippen molar-refractivity contribution >= 4 is 45.7 Å². The zero-order valence-electron chi connectivity index (χ0n) is 13.1. The van der Waals surface area contributed by atoms with Gasteiger partial charge in [0.05, 0.1) is 23.9 Å². The molecule has 0 unspecified atom stereocenters. The number of aryl methyl sites for hydroxylation is 1. The Morgan fingerprint density at radius 1 is 1.38 bits per heavy atom. The van der Waals surface area contributed by atoms with E-state index < -0.39 is 5.97 Å². The van der Waals surface area contributed by atoms with E-state index in [1.807, 2.05) is 36.6 Å². The number of nitrogens with one attached hydrogen (secondary N) is 1. The highest BCUT2D eigenvalue weighted by molar-refractivity contribution is 8.01. The molecule has 6 nitrogen and oxygen atoms in total. The molecule has 0 atom stereocenters. The van der Waals surface area contributed by atoms with E-state index in [4.69, 9.17) is 4.74 Å². The first-order chi connectivity index (χ1) is 11.6. The maximum absolute atomic E-state index is 12.1. The average Bonchev–Trinajstić information content (AvgIpc) is 3.18. The number of aliphatic hydroxyl groups is 1. The first-order valence-corrected chi connectivity index (χ1v) is 8.95. The van der Waals surface area contributed by atoms with Gasteiger partial charge >= 0.3 is 5.97 Å². The third kappa shape index (κ3) is 3.44. The smallest absolute Gasteiger partial charge is 0.345 e. The predicted molar refractivity (Wildman–Crippen MR) is 95.2 cm³/mol. The van der Waals surface area contributed by atoms with Crippen LogP contribution in [0, 0.1) is 6.92 Å². The lowest BCUT2D eigenvalue weighted by Gasteiger charge is -2.06. The van der Waals surface area contributed by atoms with Gasteiger partial charge in [0.25, 0.3) is 0 Å². The van der Waals surface area contributed by atoms with Gasteiger partial charge in [-0.1, -0.05) is 23.9 Å². The molecule has 0 spiro atoms. The molecule has 2 heterocycles. The minimum atomic E-state index is -0.637. The van der Waals surface area contributed by atoms with Crippen LogP contribution < -0.4 is 0 Å². The van der Waals surface area contributed by atoms with Crippen LogP contribution in [0.5, 0.6) is 0 Å². The summed E-state index contributed by atoms with van der Waals surface area (Å²) in [6, 6.07) is 7.40. The van der Waals surface area contributed by atoms with Gasteiger partial charge in [-0.3, -0.25) is 0 Å². The lowest BCUT2D eigenvalue weighted by atomic mass is 10.2. The number of hydrogen-bond donors (Lipinski definition) is 2. The predicted octanol–water partition coefficient (Wildman–Crippen LogP) is 3.56. The van der Waals surface area contributed by atoms with E-state index in [1.165, 1.54) is 30.2 Å². The number of carbonyl (C=O) groups is 1. The molecule has 3 aromatic rings. The molecule has 0 radical (unpaired) electrons. The van der Waals surface area contributed by atoms with Crippen LogP contribution in [0.25, 0.3) is 16.6 Å². The lowest BCUT2D eigenvalue weighted by Crippen LogP contribution is -2.09. The third-order valence-electron chi connectivity index (χ3n) is 3.23. The average molecular weight is 361 g/mol. The number of hydrogen-bond acceptors (Lipinski definition) is 7. The van der Waals surface area contributed by atoms with Gasteiger partial charge in [-0.2, -0.15) is 0 Å². The van der Waals surface area contributed by atoms with Gasteiger partial charge in [-0.25, -0.2) is 14.8 Å². The summed E-state index contributed by atoms with van der Waals surface area (Å²) in [7, 11) is 1.27. The highest BCUT2D eigenvalue weighted by atomic mass is 32.2. The van der Waals surface area contributed by atoms with E-state index in [0.717, 1.165) is 15.6 Å². The Hall–Kier alpha value is -2.32. The van der Waals surface area contributed by atoms with Crippen molar-refractivity contribution in [2.75, 3.05) is 12.9 Å². The standard InChI is InChI=1S/C16H15N3O3S2/c1-9-7-23-16(17-9)24-8-12(20)13(15(21)22-2)14-18-10-5-3-4-6-11(10)19-14/h3-7,20H,8H2,1-2H3,(H,18,19). The minimum Gasteiger partial charge on any atom is -0.510 e. The zero-order chi connectivity index (χ0) is 17.1. The number of carbonyl (C=O) groups excluding carboxylic acids is 1. The Morgan fingerprint density at radius 2 is 2.17 bits per heavy atom. The quantitative estimate of drug-likeness (QED) is 0.313. The molecule has 0 aliphatic carbocycles. The first-order valence-electron chi connectivity index (χ1n) is 7.09. The number of fused-ring (bicyclic) bond motifs is 1. The first kappa shape index (κ1) is 16.5.